The van der Waals surface area contributed by atoms with Crippen molar-refractivity contribution in [2.45, 2.75) is 57.5 Å². The molecule has 0 unspecified atom stereocenters. The van der Waals surface area contributed by atoms with Gasteiger partial charge in [0, 0.05) is 17.6 Å². The van der Waals surface area contributed by atoms with Crippen LogP contribution in [0.5, 0.6) is 0 Å². The Hall–Kier alpha value is -0.0800. The van der Waals surface area contributed by atoms with Crippen molar-refractivity contribution < 1.29 is 0 Å². The molecular formula is C11H24N2. The van der Waals surface area contributed by atoms with E-state index >= 15 is 0 Å². The lowest BCUT2D eigenvalue weighted by molar-refractivity contribution is 0.136. The Labute approximate surface area is 82.5 Å². The maximum atomic E-state index is 6.32. The van der Waals surface area contributed by atoms with Crippen molar-refractivity contribution in [2.24, 2.45) is 5.73 Å². The number of hydrogen-bond acceptors (Lipinski definition) is 2. The molecule has 0 aromatic rings. The smallest absolute Gasteiger partial charge is 0.0283 e. The minimum absolute atomic E-state index is 0.0992. The largest absolute Gasteiger partial charge is 0.324 e. The topological polar surface area (TPSA) is 29.3 Å². The summed E-state index contributed by atoms with van der Waals surface area (Å²) in [7, 11) is 2.17. The minimum atomic E-state index is 0.0992. The van der Waals surface area contributed by atoms with E-state index in [4.69, 9.17) is 5.73 Å². The van der Waals surface area contributed by atoms with Gasteiger partial charge in [-0.25, -0.2) is 0 Å². The molecule has 78 valence electrons. The van der Waals surface area contributed by atoms with Crippen molar-refractivity contribution in [1.82, 2.24) is 4.90 Å². The highest BCUT2D eigenvalue weighted by molar-refractivity contribution is 4.93. The molecule has 0 spiro atoms. The Morgan fingerprint density at radius 1 is 1.23 bits per heavy atom. The average molecular weight is 184 g/mol. The molecule has 0 radical (unpaired) electrons. The molecule has 0 aliphatic heterocycles. The van der Waals surface area contributed by atoms with Crippen molar-refractivity contribution in [3.05, 3.63) is 0 Å². The van der Waals surface area contributed by atoms with Crippen LogP contribution in [0, 0.1) is 0 Å². The lowest BCUT2D eigenvalue weighted by atomic mass is 9.96. The maximum Gasteiger partial charge on any atom is 0.0283 e. The zero-order valence-corrected chi connectivity index (χ0v) is 9.56. The third-order valence-electron chi connectivity index (χ3n) is 3.30. The summed E-state index contributed by atoms with van der Waals surface area (Å²) >= 11 is 0. The maximum absolute atomic E-state index is 6.32. The first kappa shape index (κ1) is 11.0. The molecule has 1 saturated carbocycles. The van der Waals surface area contributed by atoms with Gasteiger partial charge in [-0.15, -0.1) is 0 Å². The van der Waals surface area contributed by atoms with E-state index in [2.05, 4.69) is 32.7 Å². The van der Waals surface area contributed by atoms with Gasteiger partial charge < -0.3 is 5.73 Å². The predicted molar refractivity (Wildman–Crippen MR) is 57.8 cm³/mol. The first-order chi connectivity index (χ1) is 5.83. The lowest BCUT2D eigenvalue weighted by Crippen LogP contribution is -2.52. The normalized spacial score (nSPS) is 22.6. The molecule has 2 N–H and O–H groups in total. The average Bonchev–Trinajstić information content (AvgIpc) is 2.33. The molecule has 2 heteroatoms. The minimum Gasteiger partial charge on any atom is -0.324 e. The van der Waals surface area contributed by atoms with Gasteiger partial charge >= 0.3 is 0 Å². The second kappa shape index (κ2) is 3.58. The van der Waals surface area contributed by atoms with Crippen LogP contribution in [0.25, 0.3) is 0 Å². The summed E-state index contributed by atoms with van der Waals surface area (Å²) < 4.78 is 0. The van der Waals surface area contributed by atoms with Gasteiger partial charge in [-0.3, -0.25) is 4.90 Å². The standard InChI is InChI=1S/C11H24N2/c1-10(2,3)13(4)9-11(12)7-5-6-8-11/h5-9,12H2,1-4H3. The summed E-state index contributed by atoms with van der Waals surface area (Å²) in [5, 5.41) is 0. The molecule has 0 heterocycles. The van der Waals surface area contributed by atoms with Crippen LogP contribution >= 0.6 is 0 Å². The third kappa shape index (κ3) is 2.96. The van der Waals surface area contributed by atoms with Gasteiger partial charge in [-0.1, -0.05) is 12.8 Å². The van der Waals surface area contributed by atoms with E-state index < -0.39 is 0 Å². The van der Waals surface area contributed by atoms with Crippen molar-refractivity contribution in [3.8, 4) is 0 Å². The van der Waals surface area contributed by atoms with Gasteiger partial charge in [0.1, 0.15) is 0 Å². The summed E-state index contributed by atoms with van der Waals surface area (Å²) in [5.41, 5.74) is 6.66. The number of nitrogens with two attached hydrogens (primary N) is 1. The Morgan fingerprint density at radius 3 is 2.08 bits per heavy atom. The molecule has 1 rings (SSSR count). The van der Waals surface area contributed by atoms with Gasteiger partial charge in [-0.05, 0) is 40.7 Å². The second-order valence-electron chi connectivity index (χ2n) is 5.60. The molecule has 0 saturated heterocycles. The summed E-state index contributed by atoms with van der Waals surface area (Å²) in [6, 6.07) is 0. The van der Waals surface area contributed by atoms with Crippen LogP contribution < -0.4 is 5.73 Å². The van der Waals surface area contributed by atoms with Crippen LogP contribution in [-0.4, -0.2) is 29.6 Å². The van der Waals surface area contributed by atoms with Crippen LogP contribution in [0.1, 0.15) is 46.5 Å². The number of hydrogen-bond donors (Lipinski definition) is 1. The molecule has 0 aromatic carbocycles. The summed E-state index contributed by atoms with van der Waals surface area (Å²) in [6.45, 7) is 7.76. The first-order valence-corrected chi connectivity index (χ1v) is 5.34. The van der Waals surface area contributed by atoms with Crippen LogP contribution in [0.15, 0.2) is 0 Å². The van der Waals surface area contributed by atoms with Gasteiger partial charge in [0.2, 0.25) is 0 Å². The SMILES string of the molecule is CN(CC1(N)CCCC1)C(C)(C)C. The fourth-order valence-electron chi connectivity index (χ4n) is 1.95. The van der Waals surface area contributed by atoms with Crippen LogP contribution in [0.4, 0.5) is 0 Å². The van der Waals surface area contributed by atoms with Gasteiger partial charge in [-0.2, -0.15) is 0 Å². The molecule has 0 bridgehead atoms. The van der Waals surface area contributed by atoms with Crippen molar-refractivity contribution >= 4 is 0 Å². The fraction of sp³-hybridized carbons (Fsp3) is 1.00. The van der Waals surface area contributed by atoms with Crippen LogP contribution in [0.3, 0.4) is 0 Å². The Morgan fingerprint density at radius 2 is 1.69 bits per heavy atom. The second-order valence-corrected chi connectivity index (χ2v) is 5.60. The molecule has 1 aliphatic carbocycles. The van der Waals surface area contributed by atoms with E-state index in [9.17, 15) is 0 Å². The van der Waals surface area contributed by atoms with Gasteiger partial charge in [0.25, 0.3) is 0 Å². The van der Waals surface area contributed by atoms with E-state index in [1.54, 1.807) is 0 Å². The molecule has 1 aliphatic rings. The van der Waals surface area contributed by atoms with E-state index in [0.29, 0.717) is 0 Å². The van der Waals surface area contributed by atoms with E-state index in [1.807, 2.05) is 0 Å². The number of rotatable bonds is 2. The lowest BCUT2D eigenvalue weighted by Gasteiger charge is -2.38. The number of nitrogens with zero attached hydrogens (tertiary/aromatic N) is 1. The summed E-state index contributed by atoms with van der Waals surface area (Å²) in [6.07, 6.45) is 5.03. The molecule has 2 nitrogen and oxygen atoms in total. The number of likely N-dealkylation sites (N-methyl/N-ethyl adjacent to an activating group) is 1. The molecule has 1 fully saturated rings. The Balaban J connectivity index is 2.48. The monoisotopic (exact) mass is 184 g/mol. The molecular weight excluding hydrogens is 160 g/mol. The summed E-state index contributed by atoms with van der Waals surface area (Å²) in [4.78, 5) is 2.37. The quantitative estimate of drug-likeness (QED) is 0.711. The fourth-order valence-corrected chi connectivity index (χ4v) is 1.95. The third-order valence-corrected chi connectivity index (χ3v) is 3.30. The summed E-state index contributed by atoms with van der Waals surface area (Å²) in [5.74, 6) is 0. The zero-order chi connectivity index (χ0) is 10.1. The van der Waals surface area contributed by atoms with Crippen LogP contribution in [0.2, 0.25) is 0 Å². The molecule has 0 atom stereocenters. The van der Waals surface area contributed by atoms with E-state index in [1.165, 1.54) is 25.7 Å². The van der Waals surface area contributed by atoms with E-state index in [-0.39, 0.29) is 11.1 Å². The predicted octanol–water partition coefficient (Wildman–Crippen LogP) is 1.99. The van der Waals surface area contributed by atoms with Gasteiger partial charge in [0.05, 0.1) is 0 Å². The first-order valence-electron chi connectivity index (χ1n) is 5.34. The Bertz CT molecular complexity index is 163. The zero-order valence-electron chi connectivity index (χ0n) is 9.56. The van der Waals surface area contributed by atoms with Gasteiger partial charge in [0.15, 0.2) is 0 Å². The highest BCUT2D eigenvalue weighted by Crippen LogP contribution is 2.29. The molecule has 0 amide bonds. The van der Waals surface area contributed by atoms with Crippen molar-refractivity contribution in [2.75, 3.05) is 13.6 Å². The van der Waals surface area contributed by atoms with Crippen molar-refractivity contribution in [1.29, 1.82) is 0 Å². The Kier molecular flexibility index (Phi) is 3.03. The van der Waals surface area contributed by atoms with Crippen LogP contribution in [-0.2, 0) is 0 Å². The van der Waals surface area contributed by atoms with Crippen molar-refractivity contribution in [3.63, 3.8) is 0 Å². The highest BCUT2D eigenvalue weighted by Gasteiger charge is 2.32. The van der Waals surface area contributed by atoms with E-state index in [0.717, 1.165) is 6.54 Å². The molecule has 13 heavy (non-hydrogen) atoms. The molecule has 0 aromatic heterocycles. The highest BCUT2D eigenvalue weighted by atomic mass is 15.2.